The van der Waals surface area contributed by atoms with E-state index in [1.165, 1.54) is 0 Å². The van der Waals surface area contributed by atoms with Gasteiger partial charge in [-0.15, -0.1) is 0 Å². The van der Waals surface area contributed by atoms with Gasteiger partial charge in [-0.1, -0.05) is 0 Å². The molecular formula is C15H15NO3. The highest BCUT2D eigenvalue weighted by Crippen LogP contribution is 2.36. The Bertz CT molecular complexity index is 750. The monoisotopic (exact) mass is 257 g/mol. The van der Waals surface area contributed by atoms with E-state index in [4.69, 9.17) is 14.6 Å². The Kier molecular flexibility index (Phi) is 2.50. The van der Waals surface area contributed by atoms with Gasteiger partial charge in [0, 0.05) is 16.3 Å². The third-order valence-electron chi connectivity index (χ3n) is 3.42. The van der Waals surface area contributed by atoms with Crippen LogP contribution < -0.4 is 5.73 Å². The van der Waals surface area contributed by atoms with E-state index in [0.29, 0.717) is 11.1 Å². The highest BCUT2D eigenvalue weighted by Gasteiger charge is 2.22. The molecule has 0 bridgehead atoms. The number of carbonyl (C=O) groups excluding carboxylic acids is 1. The molecule has 3 aromatic rings. The average Bonchev–Trinajstić information content (AvgIpc) is 2.92. The fourth-order valence-electron chi connectivity index (χ4n) is 2.58. The van der Waals surface area contributed by atoms with Crippen molar-refractivity contribution in [3.63, 3.8) is 0 Å². The number of Topliss-reactive ketones (excluding diaryl/α,β-unsaturated/α-hetero) is 1. The van der Waals surface area contributed by atoms with Gasteiger partial charge in [0.1, 0.15) is 22.7 Å². The van der Waals surface area contributed by atoms with Gasteiger partial charge in [0.25, 0.3) is 0 Å². The van der Waals surface area contributed by atoms with E-state index in [1.807, 2.05) is 32.9 Å². The minimum Gasteiger partial charge on any atom is -0.461 e. The Morgan fingerprint density at radius 3 is 2.26 bits per heavy atom. The fraction of sp³-hybridized carbons (Fsp3) is 0.267. The molecule has 98 valence electrons. The second kappa shape index (κ2) is 3.96. The van der Waals surface area contributed by atoms with Crippen LogP contribution in [0, 0.1) is 20.8 Å². The van der Waals surface area contributed by atoms with Crippen molar-refractivity contribution in [2.24, 2.45) is 5.73 Å². The summed E-state index contributed by atoms with van der Waals surface area (Å²) in [5.41, 5.74) is 8.38. The van der Waals surface area contributed by atoms with Crippen molar-refractivity contribution in [3.05, 3.63) is 34.8 Å². The number of hydrogen-bond acceptors (Lipinski definition) is 4. The van der Waals surface area contributed by atoms with Crippen LogP contribution in [0.3, 0.4) is 0 Å². The summed E-state index contributed by atoms with van der Waals surface area (Å²) < 4.78 is 11.4. The molecule has 0 saturated carbocycles. The van der Waals surface area contributed by atoms with Crippen molar-refractivity contribution >= 4 is 27.7 Å². The summed E-state index contributed by atoms with van der Waals surface area (Å²) >= 11 is 0. The van der Waals surface area contributed by atoms with Crippen molar-refractivity contribution in [2.45, 2.75) is 20.8 Å². The second-order valence-electron chi connectivity index (χ2n) is 4.83. The lowest BCUT2D eigenvalue weighted by Crippen LogP contribution is -2.14. The quantitative estimate of drug-likeness (QED) is 0.715. The lowest BCUT2D eigenvalue weighted by Gasteiger charge is -2.04. The van der Waals surface area contributed by atoms with E-state index in [-0.39, 0.29) is 12.3 Å². The van der Waals surface area contributed by atoms with Crippen LogP contribution in [0.5, 0.6) is 0 Å². The molecule has 0 unspecified atom stereocenters. The van der Waals surface area contributed by atoms with Gasteiger partial charge < -0.3 is 14.6 Å². The molecule has 2 heterocycles. The molecule has 0 radical (unpaired) electrons. The molecule has 0 spiro atoms. The molecule has 0 aliphatic rings. The minimum atomic E-state index is -0.134. The Morgan fingerprint density at radius 1 is 1.05 bits per heavy atom. The molecule has 0 amide bonds. The number of aryl methyl sites for hydroxylation is 3. The lowest BCUT2D eigenvalue weighted by molar-refractivity contribution is 0.100. The highest BCUT2D eigenvalue weighted by atomic mass is 16.3. The van der Waals surface area contributed by atoms with Crippen LogP contribution in [0.25, 0.3) is 21.9 Å². The Balaban J connectivity index is 2.58. The van der Waals surface area contributed by atoms with Crippen LogP contribution in [-0.2, 0) is 0 Å². The summed E-state index contributed by atoms with van der Waals surface area (Å²) in [6, 6.07) is 3.79. The average molecular weight is 257 g/mol. The second-order valence-corrected chi connectivity index (χ2v) is 4.83. The molecule has 0 aliphatic carbocycles. The Labute approximate surface area is 110 Å². The molecule has 0 fully saturated rings. The zero-order valence-electron chi connectivity index (χ0n) is 11.2. The summed E-state index contributed by atoms with van der Waals surface area (Å²) in [7, 11) is 0. The van der Waals surface area contributed by atoms with Gasteiger partial charge in [-0.05, 0) is 32.9 Å². The van der Waals surface area contributed by atoms with Gasteiger partial charge in [-0.3, -0.25) is 4.79 Å². The smallest absolute Gasteiger partial charge is 0.180 e. The number of hydrogen-bond donors (Lipinski definition) is 1. The van der Waals surface area contributed by atoms with Gasteiger partial charge in [-0.25, -0.2) is 0 Å². The van der Waals surface area contributed by atoms with Crippen molar-refractivity contribution in [3.8, 4) is 0 Å². The number of ketones is 1. The molecule has 4 heteroatoms. The predicted molar refractivity (Wildman–Crippen MR) is 73.6 cm³/mol. The van der Waals surface area contributed by atoms with Gasteiger partial charge >= 0.3 is 0 Å². The number of nitrogens with two attached hydrogens (primary N) is 1. The molecule has 1 aromatic carbocycles. The van der Waals surface area contributed by atoms with Crippen molar-refractivity contribution in [2.75, 3.05) is 6.54 Å². The summed E-state index contributed by atoms with van der Waals surface area (Å²) in [5, 5.41) is 1.70. The van der Waals surface area contributed by atoms with Crippen LogP contribution in [0.1, 0.15) is 27.4 Å². The zero-order valence-corrected chi connectivity index (χ0v) is 11.2. The maximum absolute atomic E-state index is 12.1. The van der Waals surface area contributed by atoms with Crippen LogP contribution in [0.2, 0.25) is 0 Å². The van der Waals surface area contributed by atoms with Gasteiger partial charge in [0.2, 0.25) is 0 Å². The molecule has 3 rings (SSSR count). The van der Waals surface area contributed by atoms with E-state index in [0.717, 1.165) is 33.4 Å². The number of benzene rings is 1. The van der Waals surface area contributed by atoms with E-state index >= 15 is 0 Å². The number of fused-ring (bicyclic) bond motifs is 2. The molecule has 4 nitrogen and oxygen atoms in total. The van der Waals surface area contributed by atoms with E-state index in [9.17, 15) is 4.79 Å². The topological polar surface area (TPSA) is 69.4 Å². The first-order valence-electron chi connectivity index (χ1n) is 6.19. The van der Waals surface area contributed by atoms with Crippen LogP contribution in [0.4, 0.5) is 0 Å². The molecule has 2 aromatic heterocycles. The first kappa shape index (κ1) is 12.0. The maximum Gasteiger partial charge on any atom is 0.180 e. The third-order valence-corrected chi connectivity index (χ3v) is 3.42. The predicted octanol–water partition coefficient (Wildman–Crippen LogP) is 3.25. The third kappa shape index (κ3) is 1.60. The molecule has 0 atom stereocenters. The summed E-state index contributed by atoms with van der Waals surface area (Å²) in [4.78, 5) is 12.1. The highest BCUT2D eigenvalue weighted by molar-refractivity contribution is 6.18. The van der Waals surface area contributed by atoms with Gasteiger partial charge in [0.05, 0.1) is 12.1 Å². The van der Waals surface area contributed by atoms with Gasteiger partial charge in [-0.2, -0.15) is 0 Å². The molecule has 0 aliphatic heterocycles. The standard InChI is InChI=1S/C15H15NO3/c1-7-4-10-9(3)14-11(5-8(2)18-14)13(12(17)6-16)15(10)19-7/h4-5H,6,16H2,1-3H3. The largest absolute Gasteiger partial charge is 0.461 e. The van der Waals surface area contributed by atoms with Crippen LogP contribution >= 0.6 is 0 Å². The number of carbonyl (C=O) groups is 1. The maximum atomic E-state index is 12.1. The summed E-state index contributed by atoms with van der Waals surface area (Å²) in [6.45, 7) is 5.66. The van der Waals surface area contributed by atoms with Gasteiger partial charge in [0.15, 0.2) is 5.78 Å². The molecule has 0 saturated heterocycles. The van der Waals surface area contributed by atoms with E-state index in [1.54, 1.807) is 0 Å². The van der Waals surface area contributed by atoms with E-state index in [2.05, 4.69) is 0 Å². The van der Waals surface area contributed by atoms with Crippen LogP contribution in [-0.4, -0.2) is 12.3 Å². The zero-order chi connectivity index (χ0) is 13.7. The first-order valence-corrected chi connectivity index (χ1v) is 6.19. The van der Waals surface area contributed by atoms with Crippen molar-refractivity contribution < 1.29 is 13.6 Å². The lowest BCUT2D eigenvalue weighted by atomic mass is 9.99. The van der Waals surface area contributed by atoms with Crippen molar-refractivity contribution in [1.29, 1.82) is 0 Å². The van der Waals surface area contributed by atoms with Crippen LogP contribution in [0.15, 0.2) is 21.0 Å². The molecular weight excluding hydrogens is 242 g/mol. The van der Waals surface area contributed by atoms with Crippen molar-refractivity contribution in [1.82, 2.24) is 0 Å². The number of rotatable bonds is 2. The molecule has 19 heavy (non-hydrogen) atoms. The number of furan rings is 2. The van der Waals surface area contributed by atoms with E-state index < -0.39 is 0 Å². The Hall–Kier alpha value is -2.07. The SMILES string of the molecule is Cc1cc2c(C(=O)CN)c3oc(C)cc3c(C)c2o1. The minimum absolute atomic E-state index is 0.0444. The summed E-state index contributed by atoms with van der Waals surface area (Å²) in [5.74, 6) is 1.41. The summed E-state index contributed by atoms with van der Waals surface area (Å²) in [6.07, 6.45) is 0. The normalized spacial score (nSPS) is 11.6. The molecule has 2 N–H and O–H groups in total. The fourth-order valence-corrected chi connectivity index (χ4v) is 2.58. The first-order chi connectivity index (χ1) is 9.02. The Morgan fingerprint density at radius 2 is 1.63 bits per heavy atom.